The Morgan fingerprint density at radius 3 is 2.10 bits per heavy atom. The van der Waals surface area contributed by atoms with E-state index in [0.29, 0.717) is 5.56 Å². The van der Waals surface area contributed by atoms with Crippen molar-refractivity contribution in [3.63, 3.8) is 0 Å². The third-order valence-electron chi connectivity index (χ3n) is 4.10. The summed E-state index contributed by atoms with van der Waals surface area (Å²) in [5.74, 6) is -1.11. The van der Waals surface area contributed by atoms with Crippen LogP contribution in [-0.2, 0) is 4.74 Å². The van der Waals surface area contributed by atoms with Crippen molar-refractivity contribution in [2.75, 3.05) is 6.61 Å². The first-order valence-corrected chi connectivity index (χ1v) is 8.81. The van der Waals surface area contributed by atoms with Gasteiger partial charge in [-0.05, 0) is 30.3 Å². The molecule has 0 fully saturated rings. The highest BCUT2D eigenvalue weighted by Crippen LogP contribution is 2.34. The standard InChI is InChI=1S/C21H14N2O8/c24-19(14-4-2-1-3-5-14)13-30-21(25)15-6-9-17(10-7-15)31-20-11-8-16(22(26)27)12-18(20)23(28)29/h1-12H,13H2. The van der Waals surface area contributed by atoms with Gasteiger partial charge < -0.3 is 9.47 Å². The second kappa shape index (κ2) is 9.27. The van der Waals surface area contributed by atoms with Crippen LogP contribution in [0.15, 0.2) is 72.8 Å². The van der Waals surface area contributed by atoms with Crippen molar-refractivity contribution in [2.24, 2.45) is 0 Å². The summed E-state index contributed by atoms with van der Waals surface area (Å²) in [6, 6.07) is 16.9. The van der Waals surface area contributed by atoms with Gasteiger partial charge in [0.15, 0.2) is 12.4 Å². The van der Waals surface area contributed by atoms with E-state index in [1.165, 1.54) is 24.3 Å². The van der Waals surface area contributed by atoms with Crippen LogP contribution in [0.25, 0.3) is 0 Å². The average Bonchev–Trinajstić information content (AvgIpc) is 2.78. The highest BCUT2D eigenvalue weighted by molar-refractivity contribution is 5.99. The summed E-state index contributed by atoms with van der Waals surface area (Å²) in [7, 11) is 0. The molecule has 0 spiro atoms. The summed E-state index contributed by atoms with van der Waals surface area (Å²) >= 11 is 0. The Bertz CT molecular complexity index is 1140. The summed E-state index contributed by atoms with van der Waals surface area (Å²) in [5.41, 5.74) is -0.450. The molecule has 0 radical (unpaired) electrons. The first kappa shape index (κ1) is 21.1. The molecule has 3 aromatic carbocycles. The van der Waals surface area contributed by atoms with E-state index in [0.717, 1.165) is 18.2 Å². The highest BCUT2D eigenvalue weighted by Gasteiger charge is 2.21. The normalized spacial score (nSPS) is 10.2. The van der Waals surface area contributed by atoms with E-state index >= 15 is 0 Å². The van der Waals surface area contributed by atoms with Gasteiger partial charge in [0.25, 0.3) is 5.69 Å². The average molecular weight is 422 g/mol. The number of non-ortho nitro benzene ring substituents is 1. The Hall–Kier alpha value is -4.60. The number of carbonyl (C=O) groups excluding carboxylic acids is 2. The lowest BCUT2D eigenvalue weighted by atomic mass is 10.1. The van der Waals surface area contributed by atoms with Crippen LogP contribution in [-0.4, -0.2) is 28.2 Å². The molecule has 0 aliphatic heterocycles. The van der Waals surface area contributed by atoms with Crippen molar-refractivity contribution < 1.29 is 28.9 Å². The zero-order chi connectivity index (χ0) is 22.4. The number of Topliss-reactive ketones (excluding diaryl/α,β-unsaturated/α-hetero) is 1. The summed E-state index contributed by atoms with van der Waals surface area (Å²) in [6.45, 7) is -0.421. The molecule has 10 nitrogen and oxygen atoms in total. The number of nitrogens with zero attached hydrogens (tertiary/aromatic N) is 2. The number of rotatable bonds is 8. The summed E-state index contributed by atoms with van der Waals surface area (Å²) < 4.78 is 10.4. The minimum absolute atomic E-state index is 0.145. The summed E-state index contributed by atoms with van der Waals surface area (Å²) in [5, 5.41) is 22.0. The van der Waals surface area contributed by atoms with Crippen molar-refractivity contribution in [2.45, 2.75) is 0 Å². The number of nitro benzene ring substituents is 2. The molecular weight excluding hydrogens is 408 g/mol. The van der Waals surface area contributed by atoms with Crippen LogP contribution in [0, 0.1) is 20.2 Å². The quantitative estimate of drug-likeness (QED) is 0.226. The van der Waals surface area contributed by atoms with E-state index in [2.05, 4.69) is 0 Å². The maximum absolute atomic E-state index is 12.1. The molecule has 3 aromatic rings. The number of benzene rings is 3. The third kappa shape index (κ3) is 5.26. The number of esters is 1. The number of hydrogen-bond donors (Lipinski definition) is 0. The molecule has 10 heteroatoms. The Balaban J connectivity index is 1.66. The van der Waals surface area contributed by atoms with E-state index in [4.69, 9.17) is 9.47 Å². The topological polar surface area (TPSA) is 139 Å². The zero-order valence-corrected chi connectivity index (χ0v) is 15.8. The Labute approximate surface area is 174 Å². The monoisotopic (exact) mass is 422 g/mol. The van der Waals surface area contributed by atoms with Crippen molar-refractivity contribution >= 4 is 23.1 Å². The Morgan fingerprint density at radius 2 is 1.48 bits per heavy atom. The molecule has 0 aromatic heterocycles. The van der Waals surface area contributed by atoms with Crippen molar-refractivity contribution in [3.8, 4) is 11.5 Å². The first-order valence-electron chi connectivity index (χ1n) is 8.81. The van der Waals surface area contributed by atoms with Gasteiger partial charge in [0.1, 0.15) is 5.75 Å². The Morgan fingerprint density at radius 1 is 0.806 bits per heavy atom. The minimum Gasteiger partial charge on any atom is -0.454 e. The van der Waals surface area contributed by atoms with Gasteiger partial charge in [-0.15, -0.1) is 0 Å². The predicted octanol–water partition coefficient (Wildman–Crippen LogP) is 4.34. The van der Waals surface area contributed by atoms with Crippen LogP contribution in [0.1, 0.15) is 20.7 Å². The van der Waals surface area contributed by atoms with Crippen LogP contribution in [0.2, 0.25) is 0 Å². The van der Waals surface area contributed by atoms with Gasteiger partial charge in [-0.3, -0.25) is 25.0 Å². The molecule has 0 aliphatic carbocycles. The van der Waals surface area contributed by atoms with Crippen LogP contribution in [0.4, 0.5) is 11.4 Å². The van der Waals surface area contributed by atoms with E-state index in [-0.39, 0.29) is 22.8 Å². The first-order chi connectivity index (χ1) is 14.8. The fourth-order valence-electron chi connectivity index (χ4n) is 2.56. The van der Waals surface area contributed by atoms with Crippen LogP contribution in [0.3, 0.4) is 0 Å². The molecule has 0 N–H and O–H groups in total. The summed E-state index contributed by atoms with van der Waals surface area (Å²) in [4.78, 5) is 44.6. The molecule has 0 bridgehead atoms. The van der Waals surface area contributed by atoms with Gasteiger partial charge in [-0.2, -0.15) is 0 Å². The van der Waals surface area contributed by atoms with Gasteiger partial charge in [-0.25, -0.2) is 4.79 Å². The molecule has 0 saturated carbocycles. The van der Waals surface area contributed by atoms with Crippen molar-refractivity contribution in [1.82, 2.24) is 0 Å². The second-order valence-electron chi connectivity index (χ2n) is 6.16. The molecule has 0 atom stereocenters. The van der Waals surface area contributed by atoms with Gasteiger partial charge in [-0.1, -0.05) is 30.3 Å². The molecule has 31 heavy (non-hydrogen) atoms. The van der Waals surface area contributed by atoms with Crippen molar-refractivity contribution in [1.29, 1.82) is 0 Å². The molecule has 0 heterocycles. The fourth-order valence-corrected chi connectivity index (χ4v) is 2.56. The predicted molar refractivity (Wildman–Crippen MR) is 107 cm³/mol. The van der Waals surface area contributed by atoms with E-state index < -0.39 is 33.8 Å². The fraction of sp³-hybridized carbons (Fsp3) is 0.0476. The van der Waals surface area contributed by atoms with Gasteiger partial charge >= 0.3 is 11.7 Å². The molecule has 0 amide bonds. The number of carbonyl (C=O) groups is 2. The lowest BCUT2D eigenvalue weighted by Crippen LogP contribution is -2.14. The molecule has 0 aliphatic rings. The molecule has 0 saturated heterocycles. The van der Waals surface area contributed by atoms with Crippen LogP contribution < -0.4 is 4.74 Å². The van der Waals surface area contributed by atoms with Gasteiger partial charge in [0, 0.05) is 11.6 Å². The molecule has 3 rings (SSSR count). The van der Waals surface area contributed by atoms with Crippen LogP contribution in [0.5, 0.6) is 11.5 Å². The number of ether oxygens (including phenoxy) is 2. The molecule has 156 valence electrons. The number of hydrogen-bond acceptors (Lipinski definition) is 8. The molecule has 0 unspecified atom stereocenters. The maximum Gasteiger partial charge on any atom is 0.338 e. The second-order valence-corrected chi connectivity index (χ2v) is 6.16. The van der Waals surface area contributed by atoms with Gasteiger partial charge in [0.2, 0.25) is 5.75 Å². The zero-order valence-electron chi connectivity index (χ0n) is 15.8. The highest BCUT2D eigenvalue weighted by atomic mass is 16.6. The lowest BCUT2D eigenvalue weighted by Gasteiger charge is -2.08. The number of ketones is 1. The van der Waals surface area contributed by atoms with E-state index in [1.54, 1.807) is 30.3 Å². The van der Waals surface area contributed by atoms with E-state index in [1.807, 2.05) is 0 Å². The third-order valence-corrected chi connectivity index (χ3v) is 4.10. The largest absolute Gasteiger partial charge is 0.454 e. The van der Waals surface area contributed by atoms with Gasteiger partial charge in [0.05, 0.1) is 21.5 Å². The number of nitro groups is 2. The smallest absolute Gasteiger partial charge is 0.338 e. The SMILES string of the molecule is O=C(COC(=O)c1ccc(Oc2ccc([N+](=O)[O-])cc2[N+](=O)[O-])cc1)c1ccccc1. The molecular formula is C21H14N2O8. The lowest BCUT2D eigenvalue weighted by molar-refractivity contribution is -0.394. The Kier molecular flexibility index (Phi) is 6.31. The van der Waals surface area contributed by atoms with Crippen molar-refractivity contribution in [3.05, 3.63) is 104 Å². The maximum atomic E-state index is 12.1. The van der Waals surface area contributed by atoms with Crippen LogP contribution >= 0.6 is 0 Å². The van der Waals surface area contributed by atoms with E-state index in [9.17, 15) is 29.8 Å². The summed E-state index contributed by atoms with van der Waals surface area (Å²) in [6.07, 6.45) is 0. The minimum atomic E-state index is -0.794.